The Morgan fingerprint density at radius 2 is 1.77 bits per heavy atom. The Morgan fingerprint density at radius 3 is 2.50 bits per heavy atom. The van der Waals surface area contributed by atoms with E-state index in [4.69, 9.17) is 11.6 Å². The Hall–Kier alpha value is -3.18. The lowest BCUT2D eigenvalue weighted by Crippen LogP contribution is -2.39. The van der Waals surface area contributed by atoms with Crippen molar-refractivity contribution in [3.63, 3.8) is 0 Å². The minimum atomic E-state index is -0.418. The third kappa shape index (κ3) is 4.21. The van der Waals surface area contributed by atoms with Gasteiger partial charge in [0.05, 0.1) is 10.9 Å². The van der Waals surface area contributed by atoms with Crippen molar-refractivity contribution in [1.29, 1.82) is 0 Å². The minimum Gasteiger partial charge on any atom is -0.315 e. The maximum Gasteiger partial charge on any atom is 0.250 e. The van der Waals surface area contributed by atoms with Crippen molar-refractivity contribution >= 4 is 23.4 Å². The SMILES string of the molecule is O=C1CCC(c2cccc(-c3ccc(CCn4ccccc4=O)cc3)c2Cl)C(=O)N1. The van der Waals surface area contributed by atoms with Crippen molar-refractivity contribution in [2.45, 2.75) is 31.7 Å². The Bertz CT molecular complexity index is 1150. The number of hydrogen-bond donors (Lipinski definition) is 1. The minimum absolute atomic E-state index is 0.00818. The molecule has 2 heterocycles. The summed E-state index contributed by atoms with van der Waals surface area (Å²) in [4.78, 5) is 35.5. The van der Waals surface area contributed by atoms with Crippen LogP contribution in [-0.4, -0.2) is 16.4 Å². The van der Waals surface area contributed by atoms with Crippen molar-refractivity contribution in [2.24, 2.45) is 0 Å². The average Bonchev–Trinajstić information content (AvgIpc) is 2.74. The number of aryl methyl sites for hydroxylation is 2. The van der Waals surface area contributed by atoms with E-state index in [-0.39, 0.29) is 17.4 Å². The van der Waals surface area contributed by atoms with Gasteiger partial charge in [0.1, 0.15) is 0 Å². The zero-order chi connectivity index (χ0) is 21.1. The standard InChI is InChI=1S/C24H21ClN2O3/c25-23-18(4-3-5-19(23)20-11-12-21(28)26-24(20)30)17-9-7-16(8-10-17)13-15-27-14-2-1-6-22(27)29/h1-10,14,20H,11-13,15H2,(H,26,28,30). The molecule has 1 saturated heterocycles. The summed E-state index contributed by atoms with van der Waals surface area (Å²) in [7, 11) is 0. The zero-order valence-corrected chi connectivity index (χ0v) is 17.1. The summed E-state index contributed by atoms with van der Waals surface area (Å²) >= 11 is 6.67. The Kier molecular flexibility index (Phi) is 5.81. The van der Waals surface area contributed by atoms with Gasteiger partial charge in [0.15, 0.2) is 0 Å². The zero-order valence-electron chi connectivity index (χ0n) is 16.3. The number of piperidine rings is 1. The molecule has 1 aromatic heterocycles. The van der Waals surface area contributed by atoms with E-state index in [0.717, 1.165) is 28.7 Å². The van der Waals surface area contributed by atoms with Gasteiger partial charge in [0, 0.05) is 30.8 Å². The Labute approximate surface area is 179 Å². The van der Waals surface area contributed by atoms with Crippen LogP contribution < -0.4 is 10.9 Å². The molecule has 30 heavy (non-hydrogen) atoms. The monoisotopic (exact) mass is 420 g/mol. The van der Waals surface area contributed by atoms with E-state index in [1.807, 2.05) is 48.5 Å². The van der Waals surface area contributed by atoms with Crippen LogP contribution >= 0.6 is 11.6 Å². The van der Waals surface area contributed by atoms with E-state index in [9.17, 15) is 14.4 Å². The summed E-state index contributed by atoms with van der Waals surface area (Å²) in [5.74, 6) is -0.952. The summed E-state index contributed by atoms with van der Waals surface area (Å²) in [5, 5.41) is 2.93. The third-order valence-corrected chi connectivity index (χ3v) is 5.87. The number of carbonyl (C=O) groups is 2. The number of aromatic nitrogens is 1. The molecule has 0 aliphatic carbocycles. The van der Waals surface area contributed by atoms with Crippen LogP contribution in [-0.2, 0) is 22.6 Å². The largest absolute Gasteiger partial charge is 0.315 e. The number of benzene rings is 2. The number of halogens is 1. The first-order chi connectivity index (χ1) is 14.5. The van der Waals surface area contributed by atoms with Crippen LogP contribution in [0.2, 0.25) is 5.02 Å². The number of carbonyl (C=O) groups excluding carboxylic acids is 2. The van der Waals surface area contributed by atoms with Crippen LogP contribution in [0.15, 0.2) is 71.7 Å². The molecule has 1 atom stereocenters. The molecule has 1 fully saturated rings. The van der Waals surface area contributed by atoms with Gasteiger partial charge < -0.3 is 4.57 Å². The van der Waals surface area contributed by atoms with Crippen molar-refractivity contribution in [3.8, 4) is 11.1 Å². The molecular formula is C24H21ClN2O3. The molecule has 0 radical (unpaired) electrons. The fourth-order valence-electron chi connectivity index (χ4n) is 3.78. The number of rotatable bonds is 5. The first-order valence-electron chi connectivity index (χ1n) is 9.90. The highest BCUT2D eigenvalue weighted by Crippen LogP contribution is 2.37. The molecule has 152 valence electrons. The summed E-state index contributed by atoms with van der Waals surface area (Å²) in [6.07, 6.45) is 3.31. The van der Waals surface area contributed by atoms with E-state index in [0.29, 0.717) is 24.4 Å². The van der Waals surface area contributed by atoms with E-state index in [1.165, 1.54) is 0 Å². The number of nitrogens with zero attached hydrogens (tertiary/aromatic N) is 1. The molecule has 0 saturated carbocycles. The second kappa shape index (κ2) is 8.67. The Balaban J connectivity index is 1.53. The summed E-state index contributed by atoms with van der Waals surface area (Å²) < 4.78 is 1.69. The summed E-state index contributed by atoms with van der Waals surface area (Å²) in [5.41, 5.74) is 3.66. The van der Waals surface area contributed by atoms with Gasteiger partial charge in [-0.1, -0.05) is 60.1 Å². The summed E-state index contributed by atoms with van der Waals surface area (Å²) in [6.45, 7) is 0.616. The van der Waals surface area contributed by atoms with Gasteiger partial charge in [-0.3, -0.25) is 19.7 Å². The number of nitrogens with one attached hydrogen (secondary N) is 1. The molecule has 6 heteroatoms. The fourth-order valence-corrected chi connectivity index (χ4v) is 4.14. The average molecular weight is 421 g/mol. The van der Waals surface area contributed by atoms with Crippen molar-refractivity contribution in [3.05, 3.63) is 93.4 Å². The maximum absolute atomic E-state index is 12.2. The lowest BCUT2D eigenvalue weighted by Gasteiger charge is -2.23. The molecule has 3 aromatic rings. The predicted octanol–water partition coefficient (Wildman–Crippen LogP) is 3.93. The normalized spacial score (nSPS) is 16.4. The molecule has 2 amide bonds. The van der Waals surface area contributed by atoms with Gasteiger partial charge in [-0.2, -0.15) is 0 Å². The number of imide groups is 1. The highest BCUT2D eigenvalue weighted by Gasteiger charge is 2.30. The van der Waals surface area contributed by atoms with E-state index in [1.54, 1.807) is 22.9 Å². The fraction of sp³-hybridized carbons (Fsp3) is 0.208. The molecule has 1 unspecified atom stereocenters. The molecule has 0 bridgehead atoms. The van der Waals surface area contributed by atoms with Crippen LogP contribution in [0.5, 0.6) is 0 Å². The van der Waals surface area contributed by atoms with Crippen LogP contribution in [0.1, 0.15) is 29.9 Å². The van der Waals surface area contributed by atoms with Crippen LogP contribution in [0.25, 0.3) is 11.1 Å². The topological polar surface area (TPSA) is 68.2 Å². The smallest absolute Gasteiger partial charge is 0.250 e. The Morgan fingerprint density at radius 1 is 0.967 bits per heavy atom. The first-order valence-corrected chi connectivity index (χ1v) is 10.3. The van der Waals surface area contributed by atoms with E-state index < -0.39 is 5.92 Å². The molecule has 1 aliphatic heterocycles. The highest BCUT2D eigenvalue weighted by atomic mass is 35.5. The second-order valence-corrected chi connectivity index (χ2v) is 7.77. The summed E-state index contributed by atoms with van der Waals surface area (Å²) in [6, 6.07) is 18.8. The van der Waals surface area contributed by atoms with E-state index in [2.05, 4.69) is 5.32 Å². The van der Waals surface area contributed by atoms with Crippen molar-refractivity contribution in [2.75, 3.05) is 0 Å². The third-order valence-electron chi connectivity index (χ3n) is 5.45. The first kappa shape index (κ1) is 20.1. The van der Waals surface area contributed by atoms with Gasteiger partial charge >= 0.3 is 0 Å². The number of pyridine rings is 1. The van der Waals surface area contributed by atoms with Crippen LogP contribution in [0, 0.1) is 0 Å². The molecular weight excluding hydrogens is 400 g/mol. The van der Waals surface area contributed by atoms with Crippen molar-refractivity contribution in [1.82, 2.24) is 9.88 Å². The lowest BCUT2D eigenvalue weighted by atomic mass is 9.88. The molecule has 1 N–H and O–H groups in total. The van der Waals surface area contributed by atoms with E-state index >= 15 is 0 Å². The van der Waals surface area contributed by atoms with Gasteiger partial charge in [-0.25, -0.2) is 0 Å². The highest BCUT2D eigenvalue weighted by molar-refractivity contribution is 6.34. The van der Waals surface area contributed by atoms with Crippen molar-refractivity contribution < 1.29 is 9.59 Å². The maximum atomic E-state index is 12.2. The predicted molar refractivity (Wildman–Crippen MR) is 116 cm³/mol. The molecule has 1 aliphatic rings. The molecule has 4 rings (SSSR count). The molecule has 5 nitrogen and oxygen atoms in total. The van der Waals surface area contributed by atoms with Gasteiger partial charge in [-0.15, -0.1) is 0 Å². The van der Waals surface area contributed by atoms with Gasteiger partial charge in [-0.05, 0) is 35.6 Å². The van der Waals surface area contributed by atoms with Gasteiger partial charge in [0.25, 0.3) is 5.56 Å². The molecule has 0 spiro atoms. The quantitative estimate of drug-likeness (QED) is 0.636. The van der Waals surface area contributed by atoms with Crippen LogP contribution in [0.4, 0.5) is 0 Å². The van der Waals surface area contributed by atoms with Gasteiger partial charge in [0.2, 0.25) is 11.8 Å². The lowest BCUT2D eigenvalue weighted by molar-refractivity contribution is -0.134. The van der Waals surface area contributed by atoms with Crippen LogP contribution in [0.3, 0.4) is 0 Å². The number of hydrogen-bond acceptors (Lipinski definition) is 3. The number of amides is 2. The second-order valence-electron chi connectivity index (χ2n) is 7.39. The molecule has 2 aromatic carbocycles.